The molecule has 0 fully saturated rings. The van der Waals surface area contributed by atoms with Gasteiger partial charge in [-0.05, 0) is 26.2 Å². The Morgan fingerprint density at radius 1 is 1.42 bits per heavy atom. The van der Waals surface area contributed by atoms with Gasteiger partial charge < -0.3 is 15.2 Å². The minimum absolute atomic E-state index is 0.00939. The second-order valence-corrected chi connectivity index (χ2v) is 6.84. The highest BCUT2D eigenvalue weighted by atomic mass is 32.1. The molecule has 6 nitrogen and oxygen atoms in total. The molecular formula is C17H22N4O2S. The van der Waals surface area contributed by atoms with Crippen molar-refractivity contribution in [3.63, 3.8) is 0 Å². The minimum Gasteiger partial charge on any atom is -0.372 e. The first-order chi connectivity index (χ1) is 11.4. The van der Waals surface area contributed by atoms with Gasteiger partial charge in [0, 0.05) is 16.3 Å². The number of carbonyl (C=O) groups is 1. The van der Waals surface area contributed by atoms with Crippen LogP contribution in [0.3, 0.4) is 0 Å². The molecule has 2 aromatic heterocycles. The molecule has 0 spiro atoms. The molecule has 0 bridgehead atoms. The molecule has 0 aliphatic carbocycles. The third-order valence-electron chi connectivity index (χ3n) is 3.66. The van der Waals surface area contributed by atoms with Gasteiger partial charge in [0.25, 0.3) is 0 Å². The molecule has 2 aromatic rings. The van der Waals surface area contributed by atoms with Crippen LogP contribution in [0.5, 0.6) is 0 Å². The Morgan fingerprint density at radius 3 is 2.75 bits per heavy atom. The van der Waals surface area contributed by atoms with Gasteiger partial charge in [0.05, 0.1) is 23.0 Å². The van der Waals surface area contributed by atoms with Gasteiger partial charge in [-0.1, -0.05) is 19.0 Å². The van der Waals surface area contributed by atoms with Crippen molar-refractivity contribution in [2.45, 2.75) is 40.2 Å². The second kappa shape index (κ2) is 7.97. The maximum absolute atomic E-state index is 12.3. The Kier molecular flexibility index (Phi) is 5.99. The number of aryl methyl sites for hydroxylation is 2. The number of anilines is 1. The third kappa shape index (κ3) is 4.15. The zero-order chi connectivity index (χ0) is 17.7. The van der Waals surface area contributed by atoms with Gasteiger partial charge in [0.2, 0.25) is 5.91 Å². The molecule has 128 valence electrons. The van der Waals surface area contributed by atoms with Gasteiger partial charge >= 0.3 is 0 Å². The van der Waals surface area contributed by atoms with Crippen LogP contribution in [0.4, 0.5) is 5.69 Å². The topological polar surface area (TPSA) is 90.9 Å². The number of amides is 1. The quantitative estimate of drug-likeness (QED) is 0.749. The van der Waals surface area contributed by atoms with Crippen molar-refractivity contribution in [3.8, 4) is 17.2 Å². The standard InChI is InChI=1S/C17H22N4O2S/c1-10(2)7-14(17(22)19-6-5-18)20-15-9-24-8-13(15)16-11(3)21-23-12(16)4/h8-10,14,20H,6-7H2,1-4H3,(H,19,22)/t14-/m0/s1. The van der Waals surface area contributed by atoms with Crippen molar-refractivity contribution in [1.29, 1.82) is 5.26 Å². The number of nitrogens with zero attached hydrogens (tertiary/aromatic N) is 2. The van der Waals surface area contributed by atoms with Crippen LogP contribution in [0.2, 0.25) is 0 Å². The molecule has 0 radical (unpaired) electrons. The zero-order valence-electron chi connectivity index (χ0n) is 14.3. The number of aromatic nitrogens is 1. The van der Waals surface area contributed by atoms with E-state index >= 15 is 0 Å². The normalized spacial score (nSPS) is 12.0. The summed E-state index contributed by atoms with van der Waals surface area (Å²) in [6, 6.07) is 1.54. The van der Waals surface area contributed by atoms with E-state index in [4.69, 9.17) is 9.78 Å². The predicted molar refractivity (Wildman–Crippen MR) is 94.8 cm³/mol. The number of thiophene rings is 1. The molecule has 0 unspecified atom stereocenters. The fourth-order valence-corrected chi connectivity index (χ4v) is 3.39. The number of hydrogen-bond donors (Lipinski definition) is 2. The van der Waals surface area contributed by atoms with Crippen LogP contribution in [0, 0.1) is 31.1 Å². The van der Waals surface area contributed by atoms with Crippen molar-refractivity contribution in [2.75, 3.05) is 11.9 Å². The summed E-state index contributed by atoms with van der Waals surface area (Å²) in [5.74, 6) is 0.931. The lowest BCUT2D eigenvalue weighted by atomic mass is 10.0. The van der Waals surface area contributed by atoms with Crippen LogP contribution in [0.1, 0.15) is 31.7 Å². The van der Waals surface area contributed by atoms with Crippen molar-refractivity contribution < 1.29 is 9.32 Å². The monoisotopic (exact) mass is 346 g/mol. The van der Waals surface area contributed by atoms with Gasteiger partial charge in [-0.25, -0.2) is 0 Å². The van der Waals surface area contributed by atoms with Crippen molar-refractivity contribution in [2.24, 2.45) is 5.92 Å². The van der Waals surface area contributed by atoms with Crippen LogP contribution < -0.4 is 10.6 Å². The lowest BCUT2D eigenvalue weighted by molar-refractivity contribution is -0.121. The molecule has 24 heavy (non-hydrogen) atoms. The summed E-state index contributed by atoms with van der Waals surface area (Å²) in [5.41, 5.74) is 3.65. The lowest BCUT2D eigenvalue weighted by Gasteiger charge is -2.21. The number of rotatable bonds is 7. The van der Waals surface area contributed by atoms with Gasteiger partial charge in [0.15, 0.2) is 0 Å². The highest BCUT2D eigenvalue weighted by molar-refractivity contribution is 7.08. The maximum Gasteiger partial charge on any atom is 0.243 e. The van der Waals surface area contributed by atoms with E-state index in [1.165, 1.54) is 0 Å². The Hall–Kier alpha value is -2.33. The number of nitriles is 1. The fourth-order valence-electron chi connectivity index (χ4n) is 2.61. The van der Waals surface area contributed by atoms with Crippen LogP contribution in [-0.4, -0.2) is 23.7 Å². The van der Waals surface area contributed by atoms with Crippen molar-refractivity contribution in [1.82, 2.24) is 10.5 Å². The van der Waals surface area contributed by atoms with E-state index in [-0.39, 0.29) is 12.5 Å². The Morgan fingerprint density at radius 2 is 2.17 bits per heavy atom. The molecule has 0 aliphatic heterocycles. The third-order valence-corrected chi connectivity index (χ3v) is 4.40. The van der Waals surface area contributed by atoms with Crippen LogP contribution in [0.25, 0.3) is 11.1 Å². The van der Waals surface area contributed by atoms with Gasteiger partial charge in [-0.3, -0.25) is 4.79 Å². The van der Waals surface area contributed by atoms with Gasteiger partial charge in [-0.2, -0.15) is 5.26 Å². The molecule has 2 N–H and O–H groups in total. The molecule has 2 rings (SSSR count). The van der Waals surface area contributed by atoms with E-state index < -0.39 is 6.04 Å². The van der Waals surface area contributed by atoms with Crippen LogP contribution in [0.15, 0.2) is 15.3 Å². The van der Waals surface area contributed by atoms with E-state index in [1.807, 2.05) is 30.7 Å². The molecule has 0 saturated carbocycles. The van der Waals surface area contributed by atoms with Gasteiger partial charge in [0.1, 0.15) is 18.3 Å². The number of hydrogen-bond acceptors (Lipinski definition) is 6. The predicted octanol–water partition coefficient (Wildman–Crippen LogP) is 3.49. The average Bonchev–Trinajstić information content (AvgIpc) is 3.10. The number of carbonyl (C=O) groups excluding carboxylic acids is 1. The first-order valence-corrected chi connectivity index (χ1v) is 8.79. The minimum atomic E-state index is -0.396. The summed E-state index contributed by atoms with van der Waals surface area (Å²) >= 11 is 1.56. The summed E-state index contributed by atoms with van der Waals surface area (Å²) in [4.78, 5) is 12.3. The van der Waals surface area contributed by atoms with Crippen LogP contribution >= 0.6 is 11.3 Å². The average molecular weight is 346 g/mol. The number of nitrogens with one attached hydrogen (secondary N) is 2. The smallest absolute Gasteiger partial charge is 0.243 e. The molecule has 0 aliphatic rings. The SMILES string of the molecule is Cc1noc(C)c1-c1cscc1N[C@@H](CC(C)C)C(=O)NCC#N. The van der Waals surface area contributed by atoms with E-state index in [9.17, 15) is 4.79 Å². The summed E-state index contributed by atoms with van der Waals surface area (Å²) < 4.78 is 5.26. The first-order valence-electron chi connectivity index (χ1n) is 7.84. The van der Waals surface area contributed by atoms with Crippen molar-refractivity contribution >= 4 is 22.9 Å². The van der Waals surface area contributed by atoms with E-state index in [0.717, 1.165) is 28.3 Å². The zero-order valence-corrected chi connectivity index (χ0v) is 15.2. The molecule has 2 heterocycles. The summed E-state index contributed by atoms with van der Waals surface area (Å²) in [6.07, 6.45) is 0.675. The second-order valence-electron chi connectivity index (χ2n) is 6.10. The first kappa shape index (κ1) is 18.0. The lowest BCUT2D eigenvalue weighted by Crippen LogP contribution is -2.40. The molecule has 0 saturated heterocycles. The van der Waals surface area contributed by atoms with E-state index in [0.29, 0.717) is 12.3 Å². The highest BCUT2D eigenvalue weighted by Gasteiger charge is 2.23. The molecule has 1 amide bonds. The van der Waals surface area contributed by atoms with Crippen LogP contribution in [-0.2, 0) is 4.79 Å². The van der Waals surface area contributed by atoms with E-state index in [2.05, 4.69) is 29.6 Å². The van der Waals surface area contributed by atoms with Crippen molar-refractivity contribution in [3.05, 3.63) is 22.2 Å². The highest BCUT2D eigenvalue weighted by Crippen LogP contribution is 2.36. The molecule has 7 heteroatoms. The Labute approximate surface area is 145 Å². The largest absolute Gasteiger partial charge is 0.372 e. The fraction of sp³-hybridized carbons (Fsp3) is 0.471. The molecule has 1 atom stereocenters. The summed E-state index contributed by atoms with van der Waals surface area (Å²) in [6.45, 7) is 7.92. The summed E-state index contributed by atoms with van der Waals surface area (Å²) in [5, 5.41) is 22.6. The van der Waals surface area contributed by atoms with E-state index in [1.54, 1.807) is 11.3 Å². The maximum atomic E-state index is 12.3. The Balaban J connectivity index is 2.26. The Bertz CT molecular complexity index is 723. The molecule has 0 aromatic carbocycles. The molecular weight excluding hydrogens is 324 g/mol. The summed E-state index contributed by atoms with van der Waals surface area (Å²) in [7, 11) is 0. The van der Waals surface area contributed by atoms with Gasteiger partial charge in [-0.15, -0.1) is 11.3 Å².